The van der Waals surface area contributed by atoms with Gasteiger partial charge in [-0.1, -0.05) is 13.3 Å². The van der Waals surface area contributed by atoms with Crippen molar-refractivity contribution >= 4 is 12.0 Å². The van der Waals surface area contributed by atoms with E-state index in [9.17, 15) is 9.59 Å². The Morgan fingerprint density at radius 2 is 2.28 bits per heavy atom. The zero-order chi connectivity index (χ0) is 13.4. The van der Waals surface area contributed by atoms with Gasteiger partial charge in [0.1, 0.15) is 6.04 Å². The fraction of sp³-hybridized carbons (Fsp3) is 0.833. The highest BCUT2D eigenvalue weighted by Gasteiger charge is 2.20. The number of amides is 2. The first-order valence-electron chi connectivity index (χ1n) is 6.48. The van der Waals surface area contributed by atoms with Gasteiger partial charge >= 0.3 is 12.0 Å². The molecule has 1 aliphatic heterocycles. The van der Waals surface area contributed by atoms with Crippen LogP contribution < -0.4 is 10.6 Å². The van der Waals surface area contributed by atoms with Gasteiger partial charge < -0.3 is 20.5 Å². The molecule has 1 rings (SSSR count). The van der Waals surface area contributed by atoms with Crippen molar-refractivity contribution in [2.75, 3.05) is 19.8 Å². The molecule has 1 aliphatic rings. The minimum Gasteiger partial charge on any atom is -0.480 e. The molecule has 2 unspecified atom stereocenters. The van der Waals surface area contributed by atoms with Gasteiger partial charge in [0.15, 0.2) is 0 Å². The van der Waals surface area contributed by atoms with E-state index in [2.05, 4.69) is 10.6 Å². The van der Waals surface area contributed by atoms with Crippen LogP contribution in [0.4, 0.5) is 4.79 Å². The molecule has 6 heteroatoms. The molecule has 18 heavy (non-hydrogen) atoms. The Bertz CT molecular complexity index is 277. The standard InChI is InChI=1S/C12H22N2O4/c1-2-4-10(11(15)16)14-12(17)13-7-9-5-3-6-18-8-9/h9-10H,2-8H2,1H3,(H,15,16)(H2,13,14,17). The van der Waals surface area contributed by atoms with E-state index in [1.807, 2.05) is 6.92 Å². The molecule has 1 saturated heterocycles. The van der Waals surface area contributed by atoms with Crippen molar-refractivity contribution in [1.82, 2.24) is 10.6 Å². The van der Waals surface area contributed by atoms with E-state index in [0.29, 0.717) is 31.9 Å². The maximum absolute atomic E-state index is 11.5. The summed E-state index contributed by atoms with van der Waals surface area (Å²) in [4.78, 5) is 22.4. The second kappa shape index (κ2) is 7.92. The number of carbonyl (C=O) groups excluding carboxylic acids is 1. The lowest BCUT2D eigenvalue weighted by atomic mass is 10.0. The summed E-state index contributed by atoms with van der Waals surface area (Å²) in [5.74, 6) is -0.660. The summed E-state index contributed by atoms with van der Waals surface area (Å²) in [7, 11) is 0. The summed E-state index contributed by atoms with van der Waals surface area (Å²) in [6, 6.07) is -1.22. The van der Waals surface area contributed by atoms with Gasteiger partial charge in [-0.25, -0.2) is 9.59 Å². The van der Waals surface area contributed by atoms with E-state index in [0.717, 1.165) is 19.4 Å². The number of carbonyl (C=O) groups is 2. The third-order valence-corrected chi connectivity index (χ3v) is 2.99. The van der Waals surface area contributed by atoms with Crippen LogP contribution in [-0.4, -0.2) is 42.9 Å². The van der Waals surface area contributed by atoms with Gasteiger partial charge in [-0.2, -0.15) is 0 Å². The molecule has 0 saturated carbocycles. The van der Waals surface area contributed by atoms with Crippen LogP contribution in [0.25, 0.3) is 0 Å². The van der Waals surface area contributed by atoms with E-state index < -0.39 is 18.0 Å². The molecular weight excluding hydrogens is 236 g/mol. The molecule has 2 amide bonds. The van der Waals surface area contributed by atoms with E-state index >= 15 is 0 Å². The topological polar surface area (TPSA) is 87.7 Å². The molecule has 0 radical (unpaired) electrons. The summed E-state index contributed by atoms with van der Waals surface area (Å²) in [6.07, 6.45) is 3.21. The molecule has 0 aromatic rings. The number of carboxylic acids is 1. The Morgan fingerprint density at radius 3 is 2.83 bits per heavy atom. The molecule has 104 valence electrons. The second-order valence-electron chi connectivity index (χ2n) is 4.62. The van der Waals surface area contributed by atoms with Crippen molar-refractivity contribution in [2.45, 2.75) is 38.6 Å². The number of urea groups is 1. The zero-order valence-corrected chi connectivity index (χ0v) is 10.8. The lowest BCUT2D eigenvalue weighted by Crippen LogP contribution is -2.47. The smallest absolute Gasteiger partial charge is 0.326 e. The third-order valence-electron chi connectivity index (χ3n) is 2.99. The first kappa shape index (κ1) is 14.8. The lowest BCUT2D eigenvalue weighted by Gasteiger charge is -2.22. The number of hydrogen-bond acceptors (Lipinski definition) is 3. The van der Waals surface area contributed by atoms with Crippen LogP contribution in [0.15, 0.2) is 0 Å². The van der Waals surface area contributed by atoms with E-state index in [1.54, 1.807) is 0 Å². The van der Waals surface area contributed by atoms with Crippen LogP contribution in [0.1, 0.15) is 32.6 Å². The van der Waals surface area contributed by atoms with Crippen molar-refractivity contribution in [2.24, 2.45) is 5.92 Å². The monoisotopic (exact) mass is 258 g/mol. The number of ether oxygens (including phenoxy) is 1. The van der Waals surface area contributed by atoms with Crippen molar-refractivity contribution in [3.8, 4) is 0 Å². The molecule has 1 heterocycles. The summed E-state index contributed by atoms with van der Waals surface area (Å²) >= 11 is 0. The van der Waals surface area contributed by atoms with Crippen LogP contribution in [-0.2, 0) is 9.53 Å². The van der Waals surface area contributed by atoms with Crippen LogP contribution in [0, 0.1) is 5.92 Å². The molecule has 0 spiro atoms. The second-order valence-corrected chi connectivity index (χ2v) is 4.62. The average molecular weight is 258 g/mol. The highest BCUT2D eigenvalue weighted by Crippen LogP contribution is 2.11. The van der Waals surface area contributed by atoms with Crippen molar-refractivity contribution < 1.29 is 19.4 Å². The largest absolute Gasteiger partial charge is 0.480 e. The van der Waals surface area contributed by atoms with Gasteiger partial charge in [0.2, 0.25) is 0 Å². The van der Waals surface area contributed by atoms with E-state index in [4.69, 9.17) is 9.84 Å². The van der Waals surface area contributed by atoms with E-state index in [1.165, 1.54) is 0 Å². The van der Waals surface area contributed by atoms with Crippen LogP contribution in [0.2, 0.25) is 0 Å². The maximum Gasteiger partial charge on any atom is 0.326 e. The predicted molar refractivity (Wildman–Crippen MR) is 66.4 cm³/mol. The fourth-order valence-electron chi connectivity index (χ4n) is 1.96. The van der Waals surface area contributed by atoms with Gasteiger partial charge in [-0.3, -0.25) is 0 Å². The number of nitrogens with one attached hydrogen (secondary N) is 2. The Kier molecular flexibility index (Phi) is 6.49. The van der Waals surface area contributed by atoms with Crippen LogP contribution in [0.5, 0.6) is 0 Å². The molecule has 2 atom stereocenters. The Balaban J connectivity index is 2.24. The number of carboxylic acid groups (broad SMARTS) is 1. The van der Waals surface area contributed by atoms with Crippen LogP contribution in [0.3, 0.4) is 0 Å². The number of aliphatic carboxylic acids is 1. The SMILES string of the molecule is CCCC(NC(=O)NCC1CCCOC1)C(=O)O. The molecule has 1 fully saturated rings. The molecule has 0 aromatic carbocycles. The van der Waals surface area contributed by atoms with Crippen molar-refractivity contribution in [1.29, 1.82) is 0 Å². The minimum absolute atomic E-state index is 0.332. The molecule has 0 aliphatic carbocycles. The Morgan fingerprint density at radius 1 is 1.50 bits per heavy atom. The lowest BCUT2D eigenvalue weighted by molar-refractivity contribution is -0.139. The molecule has 0 bridgehead atoms. The van der Waals surface area contributed by atoms with E-state index in [-0.39, 0.29) is 0 Å². The van der Waals surface area contributed by atoms with Gasteiger partial charge in [0, 0.05) is 13.2 Å². The normalized spacial score (nSPS) is 21.1. The first-order chi connectivity index (χ1) is 8.63. The third kappa shape index (κ3) is 5.35. The Hall–Kier alpha value is -1.30. The highest BCUT2D eigenvalue weighted by molar-refractivity contribution is 5.82. The Labute approximate surface area is 107 Å². The van der Waals surface area contributed by atoms with Crippen molar-refractivity contribution in [3.63, 3.8) is 0 Å². The van der Waals surface area contributed by atoms with Gasteiger partial charge in [0.05, 0.1) is 6.61 Å². The van der Waals surface area contributed by atoms with Gasteiger partial charge in [0.25, 0.3) is 0 Å². The summed E-state index contributed by atoms with van der Waals surface area (Å²) in [5.41, 5.74) is 0. The van der Waals surface area contributed by atoms with Gasteiger partial charge in [-0.15, -0.1) is 0 Å². The predicted octanol–water partition coefficient (Wildman–Crippen LogP) is 0.966. The van der Waals surface area contributed by atoms with Crippen molar-refractivity contribution in [3.05, 3.63) is 0 Å². The quantitative estimate of drug-likeness (QED) is 0.662. The van der Waals surface area contributed by atoms with Crippen LogP contribution >= 0.6 is 0 Å². The summed E-state index contributed by atoms with van der Waals surface area (Å²) < 4.78 is 5.31. The molecule has 6 nitrogen and oxygen atoms in total. The molecule has 3 N–H and O–H groups in total. The zero-order valence-electron chi connectivity index (χ0n) is 10.8. The average Bonchev–Trinajstić information content (AvgIpc) is 2.37. The summed E-state index contributed by atoms with van der Waals surface area (Å²) in [5, 5.41) is 14.1. The van der Waals surface area contributed by atoms with Gasteiger partial charge in [-0.05, 0) is 25.2 Å². The number of rotatable bonds is 6. The molecule has 0 aromatic heterocycles. The maximum atomic E-state index is 11.5. The summed E-state index contributed by atoms with van der Waals surface area (Å²) in [6.45, 7) is 3.87. The number of hydrogen-bond donors (Lipinski definition) is 3. The fourth-order valence-corrected chi connectivity index (χ4v) is 1.96. The molecular formula is C12H22N2O4. The first-order valence-corrected chi connectivity index (χ1v) is 6.48. The highest BCUT2D eigenvalue weighted by atomic mass is 16.5. The minimum atomic E-state index is -0.993.